The molecule has 0 radical (unpaired) electrons. The fourth-order valence-corrected chi connectivity index (χ4v) is 2.05. The second-order valence-electron chi connectivity index (χ2n) is 4.57. The van der Waals surface area contributed by atoms with Gasteiger partial charge >= 0.3 is 5.97 Å². The highest BCUT2D eigenvalue weighted by atomic mass is 35.5. The van der Waals surface area contributed by atoms with Gasteiger partial charge in [-0.2, -0.15) is 0 Å². The lowest BCUT2D eigenvalue weighted by atomic mass is 10.2. The molecule has 0 unspecified atom stereocenters. The number of hydrogen-bond acceptors (Lipinski definition) is 4. The normalized spacial score (nSPS) is 10.6. The predicted octanol–water partition coefficient (Wildman–Crippen LogP) is 3.81. The number of carbonyl (C=O) groups is 1. The number of nitrogens with zero attached hydrogens (tertiary/aromatic N) is 2. The fourth-order valence-electron chi connectivity index (χ4n) is 1.90. The van der Waals surface area contributed by atoms with Crippen LogP contribution in [0.25, 0.3) is 11.0 Å². The third-order valence-corrected chi connectivity index (χ3v) is 3.26. The third-order valence-electron chi connectivity index (χ3n) is 2.95. The zero-order chi connectivity index (χ0) is 14.8. The molecule has 0 aliphatic carbocycles. The van der Waals surface area contributed by atoms with Gasteiger partial charge in [-0.1, -0.05) is 29.8 Å². The smallest absolute Gasteiger partial charge is 0.364 e. The minimum absolute atomic E-state index is 0.145. The molecule has 1 heterocycles. The number of aromatic nitrogens is 2. The summed E-state index contributed by atoms with van der Waals surface area (Å²) in [5.41, 5.74) is 2.46. The van der Waals surface area contributed by atoms with Crippen LogP contribution in [0.5, 0.6) is 5.75 Å². The maximum atomic E-state index is 12.1. The molecule has 0 fully saturated rings. The fraction of sp³-hybridized carbons (Fsp3) is 0.0625. The van der Waals surface area contributed by atoms with Crippen LogP contribution in [0.4, 0.5) is 0 Å². The molecule has 0 spiro atoms. The molecule has 1 aromatic heterocycles. The first-order chi connectivity index (χ1) is 10.1. The molecule has 0 N–H and O–H groups in total. The molecule has 0 aliphatic heterocycles. The third kappa shape index (κ3) is 2.85. The average Bonchev–Trinajstić information content (AvgIpc) is 2.50. The number of para-hydroxylation sites is 2. The van der Waals surface area contributed by atoms with Crippen LogP contribution >= 0.6 is 11.6 Å². The number of hydrogen-bond donors (Lipinski definition) is 0. The van der Waals surface area contributed by atoms with E-state index in [0.29, 0.717) is 16.3 Å². The average molecular weight is 299 g/mol. The van der Waals surface area contributed by atoms with E-state index in [1.165, 1.54) is 6.20 Å². The van der Waals surface area contributed by atoms with E-state index in [1.807, 2.05) is 31.2 Å². The molecule has 5 heteroatoms. The molecule has 0 saturated carbocycles. The highest BCUT2D eigenvalue weighted by Gasteiger charge is 2.14. The summed E-state index contributed by atoms with van der Waals surface area (Å²) >= 11 is 6.01. The maximum Gasteiger partial charge on any atom is 0.364 e. The van der Waals surface area contributed by atoms with Crippen LogP contribution in [-0.4, -0.2) is 15.9 Å². The second kappa shape index (κ2) is 5.50. The van der Waals surface area contributed by atoms with Gasteiger partial charge in [-0.05, 0) is 36.8 Å². The van der Waals surface area contributed by atoms with Gasteiger partial charge in [-0.25, -0.2) is 9.78 Å². The number of fused-ring (bicyclic) bond motifs is 1. The highest BCUT2D eigenvalue weighted by Crippen LogP contribution is 2.26. The van der Waals surface area contributed by atoms with E-state index in [2.05, 4.69) is 9.97 Å². The number of benzene rings is 2. The van der Waals surface area contributed by atoms with Crippen LogP contribution < -0.4 is 4.74 Å². The number of aryl methyl sites for hydroxylation is 1. The summed E-state index contributed by atoms with van der Waals surface area (Å²) in [6.45, 7) is 1.89. The van der Waals surface area contributed by atoms with Crippen molar-refractivity contribution < 1.29 is 9.53 Å². The van der Waals surface area contributed by atoms with Gasteiger partial charge in [0.05, 0.1) is 22.3 Å². The zero-order valence-corrected chi connectivity index (χ0v) is 12.0. The molecule has 0 amide bonds. The molecule has 2 aromatic carbocycles. The lowest BCUT2D eigenvalue weighted by Gasteiger charge is -2.07. The first-order valence-electron chi connectivity index (χ1n) is 6.33. The summed E-state index contributed by atoms with van der Waals surface area (Å²) in [5.74, 6) is -0.266. The molecule has 0 saturated heterocycles. The summed E-state index contributed by atoms with van der Waals surface area (Å²) in [5, 5.41) is 0.377. The molecule has 4 nitrogen and oxygen atoms in total. The summed E-state index contributed by atoms with van der Waals surface area (Å²) in [7, 11) is 0. The van der Waals surface area contributed by atoms with E-state index in [0.717, 1.165) is 11.1 Å². The SMILES string of the molecule is Cc1ccc(Cl)c(OC(=O)c2cnc3ccccc3n2)c1. The molecule has 0 bridgehead atoms. The van der Waals surface area contributed by atoms with Crippen molar-refractivity contribution in [3.05, 3.63) is 64.9 Å². The highest BCUT2D eigenvalue weighted by molar-refractivity contribution is 6.32. The summed E-state index contributed by atoms with van der Waals surface area (Å²) in [4.78, 5) is 20.6. The van der Waals surface area contributed by atoms with Gasteiger partial charge in [0.15, 0.2) is 5.69 Å². The van der Waals surface area contributed by atoms with Gasteiger partial charge in [-0.15, -0.1) is 0 Å². The van der Waals surface area contributed by atoms with Crippen LogP contribution in [0.3, 0.4) is 0 Å². The van der Waals surface area contributed by atoms with Crippen molar-refractivity contribution in [1.29, 1.82) is 0 Å². The van der Waals surface area contributed by atoms with Gasteiger partial charge < -0.3 is 4.74 Å². The van der Waals surface area contributed by atoms with Crippen LogP contribution in [0, 0.1) is 6.92 Å². The lowest BCUT2D eigenvalue weighted by Crippen LogP contribution is -2.11. The van der Waals surface area contributed by atoms with Crippen LogP contribution in [0.15, 0.2) is 48.7 Å². The Morgan fingerprint density at radius 2 is 1.90 bits per heavy atom. The van der Waals surface area contributed by atoms with E-state index in [9.17, 15) is 4.79 Å². The lowest BCUT2D eigenvalue weighted by molar-refractivity contribution is 0.0728. The molecule has 0 aliphatic rings. The van der Waals surface area contributed by atoms with Crippen molar-refractivity contribution in [2.45, 2.75) is 6.92 Å². The van der Waals surface area contributed by atoms with Crippen molar-refractivity contribution in [3.63, 3.8) is 0 Å². The number of rotatable bonds is 2. The number of ether oxygens (including phenoxy) is 1. The summed E-state index contributed by atoms with van der Waals surface area (Å²) < 4.78 is 5.29. The molecular formula is C16H11ClN2O2. The van der Waals surface area contributed by atoms with Crippen molar-refractivity contribution >= 4 is 28.6 Å². The number of esters is 1. The molecule has 21 heavy (non-hydrogen) atoms. The van der Waals surface area contributed by atoms with E-state index < -0.39 is 5.97 Å². The molecular weight excluding hydrogens is 288 g/mol. The topological polar surface area (TPSA) is 52.1 Å². The Morgan fingerprint density at radius 3 is 2.71 bits per heavy atom. The second-order valence-corrected chi connectivity index (χ2v) is 4.97. The van der Waals surface area contributed by atoms with Crippen molar-refractivity contribution in [1.82, 2.24) is 9.97 Å². The minimum atomic E-state index is -0.583. The van der Waals surface area contributed by atoms with Gasteiger partial charge in [-0.3, -0.25) is 4.98 Å². The standard InChI is InChI=1S/C16H11ClN2O2/c1-10-6-7-11(17)15(8-10)21-16(20)14-9-18-12-4-2-3-5-13(12)19-14/h2-9H,1H3. The van der Waals surface area contributed by atoms with Crippen molar-refractivity contribution in [3.8, 4) is 5.75 Å². The Bertz CT molecular complexity index is 833. The molecule has 3 rings (SSSR count). The molecule has 104 valence electrons. The van der Waals surface area contributed by atoms with Crippen LogP contribution in [0.1, 0.15) is 16.1 Å². The Labute approximate surface area is 126 Å². The Hall–Kier alpha value is -2.46. The number of carbonyl (C=O) groups excluding carboxylic acids is 1. The largest absolute Gasteiger partial charge is 0.420 e. The summed E-state index contributed by atoms with van der Waals surface area (Å²) in [6, 6.07) is 12.6. The van der Waals surface area contributed by atoms with Crippen LogP contribution in [-0.2, 0) is 0 Å². The summed E-state index contributed by atoms with van der Waals surface area (Å²) in [6.07, 6.45) is 1.40. The van der Waals surface area contributed by atoms with Gasteiger partial charge in [0.1, 0.15) is 5.75 Å². The Kier molecular flexibility index (Phi) is 3.54. The van der Waals surface area contributed by atoms with E-state index >= 15 is 0 Å². The van der Waals surface area contributed by atoms with Crippen LogP contribution in [0.2, 0.25) is 5.02 Å². The van der Waals surface area contributed by atoms with Crippen molar-refractivity contribution in [2.24, 2.45) is 0 Å². The van der Waals surface area contributed by atoms with E-state index in [1.54, 1.807) is 18.2 Å². The van der Waals surface area contributed by atoms with Gasteiger partial charge in [0.25, 0.3) is 0 Å². The predicted molar refractivity (Wildman–Crippen MR) is 80.7 cm³/mol. The van der Waals surface area contributed by atoms with Gasteiger partial charge in [0.2, 0.25) is 0 Å². The van der Waals surface area contributed by atoms with Crippen molar-refractivity contribution in [2.75, 3.05) is 0 Å². The molecule has 0 atom stereocenters. The first kappa shape index (κ1) is 13.5. The first-order valence-corrected chi connectivity index (χ1v) is 6.71. The zero-order valence-electron chi connectivity index (χ0n) is 11.2. The number of halogens is 1. The maximum absolute atomic E-state index is 12.1. The van der Waals surface area contributed by atoms with E-state index in [-0.39, 0.29) is 5.69 Å². The van der Waals surface area contributed by atoms with E-state index in [4.69, 9.17) is 16.3 Å². The quantitative estimate of drug-likeness (QED) is 0.533. The molecule has 3 aromatic rings. The monoisotopic (exact) mass is 298 g/mol. The Balaban J connectivity index is 1.91. The Morgan fingerprint density at radius 1 is 1.14 bits per heavy atom. The van der Waals surface area contributed by atoms with Gasteiger partial charge in [0, 0.05) is 0 Å². The minimum Gasteiger partial charge on any atom is -0.420 e.